The van der Waals surface area contributed by atoms with Crippen molar-refractivity contribution in [2.24, 2.45) is 0 Å². The van der Waals surface area contributed by atoms with Crippen molar-refractivity contribution in [3.8, 4) is 0 Å². The van der Waals surface area contributed by atoms with E-state index in [-0.39, 0.29) is 0 Å². The van der Waals surface area contributed by atoms with E-state index < -0.39 is 0 Å². The zero-order valence-electron chi connectivity index (χ0n) is 12.0. The Labute approximate surface area is 134 Å². The molecular weight excluding hydrogens is 309 g/mol. The van der Waals surface area contributed by atoms with E-state index in [2.05, 4.69) is 27.4 Å². The lowest BCUT2D eigenvalue weighted by Crippen LogP contribution is -2.20. The molecule has 2 rings (SSSR count). The second kappa shape index (κ2) is 7.43. The molecule has 0 bridgehead atoms. The lowest BCUT2D eigenvalue weighted by Gasteiger charge is -2.17. The van der Waals surface area contributed by atoms with Crippen molar-refractivity contribution < 1.29 is 0 Å². The van der Waals surface area contributed by atoms with Gasteiger partial charge in [0.2, 0.25) is 5.95 Å². The van der Waals surface area contributed by atoms with Gasteiger partial charge in [-0.05, 0) is 24.6 Å². The van der Waals surface area contributed by atoms with Gasteiger partial charge in [-0.3, -0.25) is 0 Å². The Morgan fingerprint density at radius 1 is 1.19 bits per heavy atom. The Balaban J connectivity index is 2.13. The average Bonchev–Trinajstić information content (AvgIpc) is 2.44. The molecular formula is C14H17Cl2N5. The molecule has 0 aliphatic carbocycles. The topological polar surface area (TPSA) is 53.9 Å². The Bertz CT molecular complexity index is 585. The molecule has 1 aromatic carbocycles. The molecule has 0 spiro atoms. The van der Waals surface area contributed by atoms with Crippen LogP contribution in [0.15, 0.2) is 24.4 Å². The Hall–Kier alpha value is -1.59. The molecule has 1 N–H and O–H groups in total. The minimum absolute atomic E-state index is 0.411. The zero-order valence-corrected chi connectivity index (χ0v) is 13.5. The van der Waals surface area contributed by atoms with Crippen LogP contribution in [0.4, 0.5) is 17.5 Å². The van der Waals surface area contributed by atoms with Crippen LogP contribution in [0.25, 0.3) is 0 Å². The van der Waals surface area contributed by atoms with Crippen molar-refractivity contribution >= 4 is 40.7 Å². The summed E-state index contributed by atoms with van der Waals surface area (Å²) in [7, 11) is 1.99. The number of hydrogen-bond acceptors (Lipinski definition) is 5. The van der Waals surface area contributed by atoms with Crippen LogP contribution in [-0.2, 0) is 0 Å². The molecule has 0 atom stereocenters. The van der Waals surface area contributed by atoms with Gasteiger partial charge in [0, 0.05) is 29.3 Å². The summed E-state index contributed by atoms with van der Waals surface area (Å²) in [5, 5.41) is 12.1. The summed E-state index contributed by atoms with van der Waals surface area (Å²) >= 11 is 11.9. The minimum Gasteiger partial charge on any atom is -0.358 e. The monoisotopic (exact) mass is 325 g/mol. The SMILES string of the molecule is CCCCN(C)c1cnnc(Nc2cc(Cl)cc(Cl)c2)n1. The lowest BCUT2D eigenvalue weighted by atomic mass is 10.3. The third-order valence-electron chi connectivity index (χ3n) is 2.90. The van der Waals surface area contributed by atoms with Crippen molar-refractivity contribution in [2.75, 3.05) is 23.8 Å². The highest BCUT2D eigenvalue weighted by Crippen LogP contribution is 2.24. The fourth-order valence-corrected chi connectivity index (χ4v) is 2.32. The summed E-state index contributed by atoms with van der Waals surface area (Å²) in [4.78, 5) is 6.49. The van der Waals surface area contributed by atoms with E-state index in [1.54, 1.807) is 24.4 Å². The minimum atomic E-state index is 0.411. The Morgan fingerprint density at radius 3 is 2.57 bits per heavy atom. The van der Waals surface area contributed by atoms with E-state index in [1.807, 2.05) is 11.9 Å². The molecule has 0 saturated carbocycles. The first kappa shape index (κ1) is 15.8. The van der Waals surface area contributed by atoms with Gasteiger partial charge in [0.25, 0.3) is 0 Å². The number of benzene rings is 1. The number of rotatable bonds is 6. The van der Waals surface area contributed by atoms with Gasteiger partial charge in [0.05, 0.1) is 6.20 Å². The molecule has 0 fully saturated rings. The third kappa shape index (κ3) is 4.72. The van der Waals surface area contributed by atoms with E-state index in [9.17, 15) is 0 Å². The maximum atomic E-state index is 5.97. The molecule has 1 aromatic heterocycles. The molecule has 0 amide bonds. The molecule has 0 saturated heterocycles. The van der Waals surface area contributed by atoms with Crippen LogP contribution in [0, 0.1) is 0 Å². The van der Waals surface area contributed by atoms with Gasteiger partial charge in [-0.2, -0.15) is 10.1 Å². The highest BCUT2D eigenvalue weighted by molar-refractivity contribution is 6.35. The van der Waals surface area contributed by atoms with Crippen molar-refractivity contribution in [2.45, 2.75) is 19.8 Å². The molecule has 2 aromatic rings. The summed E-state index contributed by atoms with van der Waals surface area (Å²) in [6.07, 6.45) is 3.88. The number of nitrogens with one attached hydrogen (secondary N) is 1. The number of anilines is 3. The van der Waals surface area contributed by atoms with E-state index >= 15 is 0 Å². The smallest absolute Gasteiger partial charge is 0.249 e. The van der Waals surface area contributed by atoms with E-state index in [4.69, 9.17) is 23.2 Å². The van der Waals surface area contributed by atoms with Crippen LogP contribution in [0.3, 0.4) is 0 Å². The molecule has 0 aliphatic rings. The van der Waals surface area contributed by atoms with Gasteiger partial charge in [0.1, 0.15) is 0 Å². The van der Waals surface area contributed by atoms with Crippen LogP contribution in [0.2, 0.25) is 10.0 Å². The predicted molar refractivity (Wildman–Crippen MR) is 87.7 cm³/mol. The average molecular weight is 326 g/mol. The van der Waals surface area contributed by atoms with Crippen LogP contribution < -0.4 is 10.2 Å². The van der Waals surface area contributed by atoms with Crippen LogP contribution in [-0.4, -0.2) is 28.8 Å². The largest absolute Gasteiger partial charge is 0.358 e. The number of halogens is 2. The lowest BCUT2D eigenvalue weighted by molar-refractivity contribution is 0.754. The van der Waals surface area contributed by atoms with Gasteiger partial charge in [0.15, 0.2) is 5.82 Å². The number of unbranched alkanes of at least 4 members (excludes halogenated alkanes) is 1. The van der Waals surface area contributed by atoms with Crippen LogP contribution >= 0.6 is 23.2 Å². The first-order valence-corrected chi connectivity index (χ1v) is 7.48. The molecule has 112 valence electrons. The van der Waals surface area contributed by atoms with Gasteiger partial charge in [-0.25, -0.2) is 0 Å². The molecule has 0 aliphatic heterocycles. The van der Waals surface area contributed by atoms with Gasteiger partial charge in [-0.15, -0.1) is 5.10 Å². The number of hydrogen-bond donors (Lipinski definition) is 1. The van der Waals surface area contributed by atoms with Crippen LogP contribution in [0.5, 0.6) is 0 Å². The first-order chi connectivity index (χ1) is 10.1. The molecule has 5 nitrogen and oxygen atoms in total. The maximum absolute atomic E-state index is 5.97. The molecule has 7 heteroatoms. The highest BCUT2D eigenvalue weighted by Gasteiger charge is 2.06. The predicted octanol–water partition coefficient (Wildman–Crippen LogP) is 4.16. The number of nitrogens with zero attached hydrogens (tertiary/aromatic N) is 4. The second-order valence-electron chi connectivity index (χ2n) is 4.70. The zero-order chi connectivity index (χ0) is 15.2. The Morgan fingerprint density at radius 2 is 1.90 bits per heavy atom. The van der Waals surface area contributed by atoms with Crippen molar-refractivity contribution in [3.05, 3.63) is 34.4 Å². The van der Waals surface area contributed by atoms with Crippen molar-refractivity contribution in [1.29, 1.82) is 0 Å². The Kier molecular flexibility index (Phi) is 5.59. The first-order valence-electron chi connectivity index (χ1n) is 6.72. The summed E-state index contributed by atoms with van der Waals surface area (Å²) in [5.41, 5.74) is 0.725. The highest BCUT2D eigenvalue weighted by atomic mass is 35.5. The second-order valence-corrected chi connectivity index (χ2v) is 5.57. The third-order valence-corrected chi connectivity index (χ3v) is 3.34. The van der Waals surface area contributed by atoms with Crippen LogP contribution in [0.1, 0.15) is 19.8 Å². The molecule has 0 unspecified atom stereocenters. The van der Waals surface area contributed by atoms with Gasteiger partial charge >= 0.3 is 0 Å². The van der Waals surface area contributed by atoms with Gasteiger partial charge in [-0.1, -0.05) is 36.5 Å². The quantitative estimate of drug-likeness (QED) is 0.864. The molecule has 21 heavy (non-hydrogen) atoms. The summed E-state index contributed by atoms with van der Waals surface area (Å²) in [5.74, 6) is 1.18. The summed E-state index contributed by atoms with van der Waals surface area (Å²) in [6.45, 7) is 3.08. The van der Waals surface area contributed by atoms with Crippen molar-refractivity contribution in [1.82, 2.24) is 15.2 Å². The van der Waals surface area contributed by atoms with E-state index in [0.29, 0.717) is 16.0 Å². The van der Waals surface area contributed by atoms with Gasteiger partial charge < -0.3 is 10.2 Å². The van der Waals surface area contributed by atoms with Crippen molar-refractivity contribution in [3.63, 3.8) is 0 Å². The summed E-state index contributed by atoms with van der Waals surface area (Å²) in [6, 6.07) is 5.18. The molecule has 0 radical (unpaired) electrons. The standard InChI is InChI=1S/C14H17Cl2N5/c1-3-4-5-21(2)13-9-17-20-14(19-13)18-12-7-10(15)6-11(16)8-12/h6-9H,3-5H2,1-2H3,(H,18,19,20). The van der Waals surface area contributed by atoms with E-state index in [1.165, 1.54) is 0 Å². The maximum Gasteiger partial charge on any atom is 0.249 e. The normalized spacial score (nSPS) is 10.5. The van der Waals surface area contributed by atoms with E-state index in [0.717, 1.165) is 30.9 Å². The fraction of sp³-hybridized carbons (Fsp3) is 0.357. The number of aromatic nitrogens is 3. The fourth-order valence-electron chi connectivity index (χ4n) is 1.80. The summed E-state index contributed by atoms with van der Waals surface area (Å²) < 4.78 is 0. The molecule has 1 heterocycles.